The first-order valence-electron chi connectivity index (χ1n) is 16.2. The average molecular weight is 537 g/mol. The van der Waals surface area contributed by atoms with Crippen molar-refractivity contribution in [3.05, 3.63) is 41.5 Å². The summed E-state index contributed by atoms with van der Waals surface area (Å²) < 4.78 is 0. The molecule has 0 aliphatic rings. The second kappa shape index (κ2) is 17.7. The van der Waals surface area contributed by atoms with E-state index in [4.69, 9.17) is 4.98 Å². The summed E-state index contributed by atoms with van der Waals surface area (Å²) in [5.74, 6) is 1.53. The zero-order valence-corrected chi connectivity index (χ0v) is 26.7. The van der Waals surface area contributed by atoms with Crippen molar-refractivity contribution >= 4 is 11.6 Å². The molecule has 0 bridgehead atoms. The number of anilines is 2. The molecule has 0 amide bonds. The first-order chi connectivity index (χ1) is 18.6. The predicted octanol–water partition coefficient (Wildman–Crippen LogP) is 11.0. The fourth-order valence-corrected chi connectivity index (χ4v) is 5.04. The van der Waals surface area contributed by atoms with Gasteiger partial charge in [0.2, 0.25) is 5.95 Å². The number of aromatic nitrogens is 3. The molecule has 0 saturated carbocycles. The van der Waals surface area contributed by atoms with Gasteiger partial charge in [-0.1, -0.05) is 151 Å². The van der Waals surface area contributed by atoms with E-state index in [1.165, 1.54) is 107 Å². The molecule has 4 heteroatoms. The second-order valence-corrected chi connectivity index (χ2v) is 13.7. The van der Waals surface area contributed by atoms with Gasteiger partial charge >= 0.3 is 0 Å². The molecule has 0 aliphatic heterocycles. The Labute approximate surface area is 241 Å². The Morgan fingerprint density at radius 2 is 1.00 bits per heavy atom. The van der Waals surface area contributed by atoms with E-state index in [-0.39, 0.29) is 10.8 Å². The summed E-state index contributed by atoms with van der Waals surface area (Å²) in [7, 11) is 0. The van der Waals surface area contributed by atoms with E-state index >= 15 is 0 Å². The fraction of sp³-hybridized carbons (Fsp3) is 0.743. The second-order valence-electron chi connectivity index (χ2n) is 13.7. The third kappa shape index (κ3) is 14.3. The van der Waals surface area contributed by atoms with Gasteiger partial charge in [-0.2, -0.15) is 4.98 Å². The van der Waals surface area contributed by atoms with E-state index in [2.05, 4.69) is 82.0 Å². The maximum Gasteiger partial charge on any atom is 0.230 e. The van der Waals surface area contributed by atoms with Gasteiger partial charge in [0.1, 0.15) is 12.2 Å². The lowest BCUT2D eigenvalue weighted by molar-refractivity contribution is 0.529. The SMILES string of the molecule is CCCCCCCCCCCCCCCCCCc1ncnc(Nc2cc(C(C)(C)C)cc(C(C)(C)C)c2)n1. The van der Waals surface area contributed by atoms with Crippen LogP contribution in [0.1, 0.15) is 168 Å². The van der Waals surface area contributed by atoms with Crippen LogP contribution in [0.15, 0.2) is 24.5 Å². The Balaban J connectivity index is 1.64. The number of hydrogen-bond acceptors (Lipinski definition) is 4. The summed E-state index contributed by atoms with van der Waals surface area (Å²) >= 11 is 0. The number of nitrogens with one attached hydrogen (secondary N) is 1. The first-order valence-corrected chi connectivity index (χ1v) is 16.2. The average Bonchev–Trinajstić information content (AvgIpc) is 2.87. The summed E-state index contributed by atoms with van der Waals surface area (Å²) in [6.07, 6.45) is 24.8. The molecule has 2 aromatic rings. The lowest BCUT2D eigenvalue weighted by atomic mass is 9.80. The summed E-state index contributed by atoms with van der Waals surface area (Å²) in [5, 5.41) is 3.46. The standard InChI is InChI=1S/C35H60N4/c1-8-9-10-11-12-13-14-15-16-17-18-19-20-21-22-23-24-32-36-28-37-33(39-32)38-31-26-29(34(2,3)4)25-30(27-31)35(5,6)7/h25-28H,8-24H2,1-7H3,(H,36,37,38,39). The zero-order chi connectivity index (χ0) is 28.6. The lowest BCUT2D eigenvalue weighted by Crippen LogP contribution is -2.17. The number of rotatable bonds is 19. The Morgan fingerprint density at radius 1 is 0.564 bits per heavy atom. The van der Waals surface area contributed by atoms with Crippen LogP contribution in [0, 0.1) is 0 Å². The quantitative estimate of drug-likeness (QED) is 0.181. The minimum atomic E-state index is 0.0786. The Hall–Kier alpha value is -1.97. The highest BCUT2D eigenvalue weighted by Gasteiger charge is 2.20. The molecule has 0 radical (unpaired) electrons. The molecule has 39 heavy (non-hydrogen) atoms. The van der Waals surface area contributed by atoms with Crippen molar-refractivity contribution in [2.75, 3.05) is 5.32 Å². The van der Waals surface area contributed by atoms with Crippen LogP contribution in [-0.4, -0.2) is 15.0 Å². The Morgan fingerprint density at radius 3 is 1.44 bits per heavy atom. The van der Waals surface area contributed by atoms with Gasteiger partial charge in [0.15, 0.2) is 0 Å². The van der Waals surface area contributed by atoms with E-state index in [0.717, 1.165) is 24.4 Å². The largest absolute Gasteiger partial charge is 0.324 e. The molecular weight excluding hydrogens is 476 g/mol. The summed E-state index contributed by atoms with van der Waals surface area (Å²) in [5.41, 5.74) is 3.84. The highest BCUT2D eigenvalue weighted by atomic mass is 15.1. The third-order valence-electron chi connectivity index (χ3n) is 7.80. The predicted molar refractivity (Wildman–Crippen MR) is 170 cm³/mol. The van der Waals surface area contributed by atoms with Crippen LogP contribution >= 0.6 is 0 Å². The molecule has 0 fully saturated rings. The molecule has 0 atom stereocenters. The molecule has 0 aliphatic carbocycles. The van der Waals surface area contributed by atoms with Gasteiger partial charge in [0.05, 0.1) is 0 Å². The molecule has 0 unspecified atom stereocenters. The summed E-state index contributed by atoms with van der Waals surface area (Å²) in [4.78, 5) is 13.6. The fourth-order valence-electron chi connectivity index (χ4n) is 5.04. The number of hydrogen-bond donors (Lipinski definition) is 1. The molecule has 1 aromatic heterocycles. The summed E-state index contributed by atoms with van der Waals surface area (Å²) in [6, 6.07) is 6.80. The van der Waals surface area contributed by atoms with Gasteiger partial charge < -0.3 is 5.32 Å². The minimum absolute atomic E-state index is 0.0786. The van der Waals surface area contributed by atoms with E-state index in [0.29, 0.717) is 5.95 Å². The Kier molecular flexibility index (Phi) is 15.1. The van der Waals surface area contributed by atoms with Crippen molar-refractivity contribution in [3.63, 3.8) is 0 Å². The van der Waals surface area contributed by atoms with Gasteiger partial charge in [-0.05, 0) is 40.5 Å². The van der Waals surface area contributed by atoms with Crippen molar-refractivity contribution < 1.29 is 0 Å². The number of nitrogens with zero attached hydrogens (tertiary/aromatic N) is 3. The van der Waals surface area contributed by atoms with Crippen molar-refractivity contribution in [2.24, 2.45) is 0 Å². The highest BCUT2D eigenvalue weighted by molar-refractivity contribution is 5.58. The molecule has 4 nitrogen and oxygen atoms in total. The Bertz CT molecular complexity index is 891. The topological polar surface area (TPSA) is 50.7 Å². The normalized spacial score (nSPS) is 12.2. The van der Waals surface area contributed by atoms with Gasteiger partial charge in [0, 0.05) is 12.1 Å². The van der Waals surface area contributed by atoms with E-state index in [9.17, 15) is 0 Å². The molecule has 0 saturated heterocycles. The van der Waals surface area contributed by atoms with Crippen molar-refractivity contribution in [1.82, 2.24) is 15.0 Å². The van der Waals surface area contributed by atoms with Crippen LogP contribution < -0.4 is 5.32 Å². The number of aryl methyl sites for hydroxylation is 1. The lowest BCUT2D eigenvalue weighted by Gasteiger charge is -2.26. The maximum atomic E-state index is 4.73. The zero-order valence-electron chi connectivity index (χ0n) is 26.7. The number of unbranched alkanes of at least 4 members (excludes halogenated alkanes) is 15. The van der Waals surface area contributed by atoms with E-state index in [1.54, 1.807) is 6.33 Å². The third-order valence-corrected chi connectivity index (χ3v) is 7.80. The first kappa shape index (κ1) is 33.2. The van der Waals surface area contributed by atoms with E-state index < -0.39 is 0 Å². The van der Waals surface area contributed by atoms with Crippen LogP contribution in [0.3, 0.4) is 0 Å². The smallest absolute Gasteiger partial charge is 0.230 e. The molecule has 1 heterocycles. The van der Waals surface area contributed by atoms with Crippen molar-refractivity contribution in [2.45, 2.75) is 168 Å². The molecule has 0 spiro atoms. The van der Waals surface area contributed by atoms with Gasteiger partial charge in [-0.25, -0.2) is 9.97 Å². The molecule has 1 N–H and O–H groups in total. The highest BCUT2D eigenvalue weighted by Crippen LogP contribution is 2.32. The maximum absolute atomic E-state index is 4.73. The molecule has 1 aromatic carbocycles. The van der Waals surface area contributed by atoms with Crippen molar-refractivity contribution in [1.29, 1.82) is 0 Å². The minimum Gasteiger partial charge on any atom is -0.324 e. The van der Waals surface area contributed by atoms with Gasteiger partial charge in [0.25, 0.3) is 0 Å². The van der Waals surface area contributed by atoms with Crippen LogP contribution in [0.4, 0.5) is 11.6 Å². The summed E-state index contributed by atoms with van der Waals surface area (Å²) in [6.45, 7) is 15.9. The van der Waals surface area contributed by atoms with Crippen LogP contribution in [-0.2, 0) is 17.3 Å². The van der Waals surface area contributed by atoms with E-state index in [1.807, 2.05) is 0 Å². The van der Waals surface area contributed by atoms with Gasteiger partial charge in [-0.3, -0.25) is 0 Å². The van der Waals surface area contributed by atoms with Crippen LogP contribution in [0.5, 0.6) is 0 Å². The van der Waals surface area contributed by atoms with Gasteiger partial charge in [-0.15, -0.1) is 0 Å². The molecular formula is C35H60N4. The van der Waals surface area contributed by atoms with Crippen molar-refractivity contribution in [3.8, 4) is 0 Å². The van der Waals surface area contributed by atoms with Crippen LogP contribution in [0.2, 0.25) is 0 Å². The molecule has 2 rings (SSSR count). The monoisotopic (exact) mass is 536 g/mol. The van der Waals surface area contributed by atoms with Crippen LogP contribution in [0.25, 0.3) is 0 Å². The number of benzene rings is 1. The molecule has 220 valence electrons.